The van der Waals surface area contributed by atoms with Crippen LogP contribution in [0.4, 0.5) is 13.2 Å². The average molecular weight is 428 g/mol. The maximum atomic E-state index is 12.7. The Labute approximate surface area is 176 Å². The molecule has 3 heterocycles. The Morgan fingerprint density at radius 1 is 1.03 bits per heavy atom. The van der Waals surface area contributed by atoms with E-state index in [1.165, 1.54) is 6.07 Å². The summed E-state index contributed by atoms with van der Waals surface area (Å²) in [7, 11) is 1.59. The van der Waals surface area contributed by atoms with Crippen LogP contribution in [0.25, 0.3) is 22.3 Å². The molecule has 9 heteroatoms. The van der Waals surface area contributed by atoms with Crippen molar-refractivity contribution in [3.8, 4) is 17.1 Å². The first-order chi connectivity index (χ1) is 14.9. The number of aromatic amines is 1. The topological polar surface area (TPSA) is 72.9 Å². The molecular weight excluding hydrogens is 409 g/mol. The Balaban J connectivity index is 1.56. The molecule has 1 N–H and O–H groups in total. The van der Waals surface area contributed by atoms with Crippen molar-refractivity contribution in [1.29, 1.82) is 0 Å². The van der Waals surface area contributed by atoms with E-state index >= 15 is 0 Å². The number of nitrogens with zero attached hydrogens (tertiary/aromatic N) is 3. The lowest BCUT2D eigenvalue weighted by molar-refractivity contribution is -0.141. The average Bonchev–Trinajstić information content (AvgIpc) is 3.24. The molecule has 3 aromatic heterocycles. The molecule has 0 spiro atoms. The summed E-state index contributed by atoms with van der Waals surface area (Å²) in [4.78, 5) is 15.5. The van der Waals surface area contributed by atoms with Crippen molar-refractivity contribution in [1.82, 2.24) is 19.9 Å². The third-order valence-electron chi connectivity index (χ3n) is 4.73. The van der Waals surface area contributed by atoms with Gasteiger partial charge in [0.05, 0.1) is 12.3 Å². The van der Waals surface area contributed by atoms with E-state index in [1.807, 2.05) is 30.5 Å². The van der Waals surface area contributed by atoms with Crippen LogP contribution in [0.3, 0.4) is 0 Å². The molecule has 6 nitrogen and oxygen atoms in total. The number of alkyl halides is 3. The number of ether oxygens (including phenoxy) is 2. The standard InChI is InChI=1S/C22H19F3N4O2/c1-30-9-7-18-16(13-31-17-4-2-14-6-8-26-19(14)10-17)12-28-21(29-18)15-3-5-20(27-11-15)22(23,24)25/h2-6,8,10-12,26H,7,9,13H2,1H3. The molecular formula is C22H19F3N4O2. The summed E-state index contributed by atoms with van der Waals surface area (Å²) < 4.78 is 49.3. The number of methoxy groups -OCH3 is 1. The predicted octanol–water partition coefficient (Wildman–Crippen LogP) is 4.81. The van der Waals surface area contributed by atoms with E-state index in [0.717, 1.165) is 28.7 Å². The van der Waals surface area contributed by atoms with E-state index in [4.69, 9.17) is 9.47 Å². The summed E-state index contributed by atoms with van der Waals surface area (Å²) in [6, 6.07) is 9.96. The van der Waals surface area contributed by atoms with E-state index in [0.29, 0.717) is 35.9 Å². The van der Waals surface area contributed by atoms with Crippen LogP contribution in [-0.2, 0) is 23.9 Å². The molecule has 0 atom stereocenters. The number of nitrogens with one attached hydrogen (secondary N) is 1. The zero-order valence-electron chi connectivity index (χ0n) is 16.6. The van der Waals surface area contributed by atoms with Gasteiger partial charge in [0.2, 0.25) is 0 Å². The first-order valence-corrected chi connectivity index (χ1v) is 9.51. The number of aromatic nitrogens is 4. The van der Waals surface area contributed by atoms with Crippen molar-refractivity contribution in [3.05, 3.63) is 71.9 Å². The van der Waals surface area contributed by atoms with Crippen LogP contribution in [0.15, 0.2) is 55.0 Å². The monoisotopic (exact) mass is 428 g/mol. The number of rotatable bonds is 7. The van der Waals surface area contributed by atoms with Crippen molar-refractivity contribution >= 4 is 10.9 Å². The minimum atomic E-state index is -4.49. The summed E-state index contributed by atoms with van der Waals surface area (Å²) in [5.41, 5.74) is 1.88. The summed E-state index contributed by atoms with van der Waals surface area (Å²) in [5, 5.41) is 1.09. The maximum Gasteiger partial charge on any atom is 0.433 e. The summed E-state index contributed by atoms with van der Waals surface area (Å²) >= 11 is 0. The van der Waals surface area contributed by atoms with Gasteiger partial charge in [0.15, 0.2) is 5.82 Å². The van der Waals surface area contributed by atoms with Gasteiger partial charge >= 0.3 is 6.18 Å². The number of H-pyrrole nitrogens is 1. The molecule has 0 saturated heterocycles. The fraction of sp³-hybridized carbons (Fsp3) is 0.227. The second-order valence-corrected chi connectivity index (χ2v) is 6.85. The van der Waals surface area contributed by atoms with Crippen molar-refractivity contribution in [2.75, 3.05) is 13.7 Å². The second kappa shape index (κ2) is 8.73. The lowest BCUT2D eigenvalue weighted by Gasteiger charge is -2.12. The second-order valence-electron chi connectivity index (χ2n) is 6.85. The molecule has 0 aliphatic heterocycles. The Kier molecular flexibility index (Phi) is 5.85. The molecule has 31 heavy (non-hydrogen) atoms. The third-order valence-corrected chi connectivity index (χ3v) is 4.73. The third kappa shape index (κ3) is 4.83. The largest absolute Gasteiger partial charge is 0.489 e. The van der Waals surface area contributed by atoms with E-state index in [-0.39, 0.29) is 6.61 Å². The highest BCUT2D eigenvalue weighted by Crippen LogP contribution is 2.28. The Morgan fingerprint density at radius 3 is 2.65 bits per heavy atom. The van der Waals surface area contributed by atoms with E-state index in [2.05, 4.69) is 19.9 Å². The highest BCUT2D eigenvalue weighted by Gasteiger charge is 2.32. The number of hydrogen-bond acceptors (Lipinski definition) is 5. The molecule has 0 aliphatic carbocycles. The van der Waals surface area contributed by atoms with Gasteiger partial charge in [-0.2, -0.15) is 13.2 Å². The van der Waals surface area contributed by atoms with E-state index in [9.17, 15) is 13.2 Å². The molecule has 0 saturated carbocycles. The number of hydrogen-bond donors (Lipinski definition) is 1. The fourth-order valence-electron chi connectivity index (χ4n) is 3.09. The van der Waals surface area contributed by atoms with Gasteiger partial charge in [0.25, 0.3) is 0 Å². The van der Waals surface area contributed by atoms with Crippen molar-refractivity contribution < 1.29 is 22.6 Å². The van der Waals surface area contributed by atoms with Crippen molar-refractivity contribution in [3.63, 3.8) is 0 Å². The quantitative estimate of drug-likeness (QED) is 0.458. The lowest BCUT2D eigenvalue weighted by Crippen LogP contribution is -2.09. The van der Waals surface area contributed by atoms with Crippen LogP contribution in [0, 0.1) is 0 Å². The smallest absolute Gasteiger partial charge is 0.433 e. The number of fused-ring (bicyclic) bond motifs is 1. The normalized spacial score (nSPS) is 11.7. The molecule has 160 valence electrons. The zero-order valence-corrected chi connectivity index (χ0v) is 16.6. The van der Waals surface area contributed by atoms with Crippen molar-refractivity contribution in [2.24, 2.45) is 0 Å². The van der Waals surface area contributed by atoms with Gasteiger partial charge in [-0.3, -0.25) is 4.98 Å². The molecule has 4 rings (SSSR count). The molecule has 1 aromatic carbocycles. The van der Waals surface area contributed by atoms with Crippen LogP contribution < -0.4 is 4.74 Å². The molecule has 0 radical (unpaired) electrons. The molecule has 0 unspecified atom stereocenters. The maximum absolute atomic E-state index is 12.7. The van der Waals surface area contributed by atoms with Crippen LogP contribution >= 0.6 is 0 Å². The van der Waals surface area contributed by atoms with Crippen LogP contribution in [0.5, 0.6) is 5.75 Å². The van der Waals surface area contributed by atoms with Crippen LogP contribution in [0.2, 0.25) is 0 Å². The number of pyridine rings is 1. The van der Waals surface area contributed by atoms with Crippen LogP contribution in [0.1, 0.15) is 17.0 Å². The van der Waals surface area contributed by atoms with Gasteiger partial charge in [-0.15, -0.1) is 0 Å². The van der Waals surface area contributed by atoms with E-state index in [1.54, 1.807) is 13.3 Å². The van der Waals surface area contributed by atoms with Gasteiger partial charge in [-0.1, -0.05) is 0 Å². The molecule has 0 fully saturated rings. The first-order valence-electron chi connectivity index (χ1n) is 9.51. The minimum Gasteiger partial charge on any atom is -0.489 e. The molecule has 0 aliphatic rings. The predicted molar refractivity (Wildman–Crippen MR) is 108 cm³/mol. The van der Waals surface area contributed by atoms with Gasteiger partial charge in [0.1, 0.15) is 18.1 Å². The molecule has 0 amide bonds. The van der Waals surface area contributed by atoms with Crippen LogP contribution in [-0.4, -0.2) is 33.7 Å². The highest BCUT2D eigenvalue weighted by atomic mass is 19.4. The number of halogens is 3. The SMILES string of the molecule is COCCc1nc(-c2ccc(C(F)(F)F)nc2)ncc1COc1ccc2cc[nH]c2c1. The first kappa shape index (κ1) is 20.8. The molecule has 0 bridgehead atoms. The molecule has 4 aromatic rings. The Morgan fingerprint density at radius 2 is 1.90 bits per heavy atom. The Hall–Kier alpha value is -3.46. The highest BCUT2D eigenvalue weighted by molar-refractivity contribution is 5.80. The fourth-order valence-corrected chi connectivity index (χ4v) is 3.09. The van der Waals surface area contributed by atoms with Gasteiger partial charge < -0.3 is 14.5 Å². The number of benzene rings is 1. The van der Waals surface area contributed by atoms with Gasteiger partial charge in [0, 0.05) is 54.8 Å². The van der Waals surface area contributed by atoms with Crippen molar-refractivity contribution in [2.45, 2.75) is 19.2 Å². The summed E-state index contributed by atoms with van der Waals surface area (Å²) in [6.45, 7) is 0.681. The van der Waals surface area contributed by atoms with E-state index < -0.39 is 11.9 Å². The summed E-state index contributed by atoms with van der Waals surface area (Å²) in [5.74, 6) is 0.993. The lowest BCUT2D eigenvalue weighted by atomic mass is 10.1. The van der Waals surface area contributed by atoms with Gasteiger partial charge in [-0.05, 0) is 35.7 Å². The Bertz CT molecular complexity index is 1170. The van der Waals surface area contributed by atoms with Gasteiger partial charge in [-0.25, -0.2) is 9.97 Å². The zero-order chi connectivity index (χ0) is 21.8. The minimum absolute atomic E-state index is 0.247. The summed E-state index contributed by atoms with van der Waals surface area (Å²) in [6.07, 6.45) is 0.625.